The van der Waals surface area contributed by atoms with Gasteiger partial charge in [0.05, 0.1) is 24.2 Å². The number of amides is 3. The van der Waals surface area contributed by atoms with Crippen LogP contribution in [0.3, 0.4) is 0 Å². The average molecular weight is 414 g/mol. The summed E-state index contributed by atoms with van der Waals surface area (Å²) in [6.45, 7) is 2.80. The van der Waals surface area contributed by atoms with Gasteiger partial charge >= 0.3 is 0 Å². The third kappa shape index (κ3) is 4.33. The second kappa shape index (κ2) is 8.83. The van der Waals surface area contributed by atoms with Gasteiger partial charge in [-0.1, -0.05) is 48.5 Å². The summed E-state index contributed by atoms with van der Waals surface area (Å²) in [5.41, 5.74) is 2.79. The van der Waals surface area contributed by atoms with Crippen molar-refractivity contribution in [2.75, 3.05) is 13.2 Å². The zero-order valence-electron chi connectivity index (χ0n) is 17.1. The van der Waals surface area contributed by atoms with Gasteiger partial charge in [0.2, 0.25) is 0 Å². The SMILES string of the molecule is Cc1ccccc1OCCNC(=O)c1ccc2c(c1)C(=O)N(Cc1ccccc1)C2=O. The highest BCUT2D eigenvalue weighted by atomic mass is 16.5. The van der Waals surface area contributed by atoms with E-state index in [-0.39, 0.29) is 29.8 Å². The van der Waals surface area contributed by atoms with Gasteiger partial charge in [-0.3, -0.25) is 19.3 Å². The summed E-state index contributed by atoms with van der Waals surface area (Å²) in [6.07, 6.45) is 0. The van der Waals surface area contributed by atoms with Crippen molar-refractivity contribution in [2.24, 2.45) is 0 Å². The molecule has 0 saturated heterocycles. The number of para-hydroxylation sites is 1. The molecule has 1 aliphatic rings. The monoisotopic (exact) mass is 414 g/mol. The van der Waals surface area contributed by atoms with Gasteiger partial charge in [0.1, 0.15) is 12.4 Å². The zero-order chi connectivity index (χ0) is 21.8. The van der Waals surface area contributed by atoms with Gasteiger partial charge in [-0.05, 0) is 42.3 Å². The summed E-state index contributed by atoms with van der Waals surface area (Å²) in [5, 5.41) is 2.78. The molecule has 3 amide bonds. The Morgan fingerprint density at radius 2 is 1.61 bits per heavy atom. The van der Waals surface area contributed by atoms with Crippen molar-refractivity contribution < 1.29 is 19.1 Å². The molecule has 0 aliphatic carbocycles. The van der Waals surface area contributed by atoms with Crippen molar-refractivity contribution >= 4 is 17.7 Å². The highest BCUT2D eigenvalue weighted by Crippen LogP contribution is 2.25. The lowest BCUT2D eigenvalue weighted by Crippen LogP contribution is -2.29. The van der Waals surface area contributed by atoms with Crippen molar-refractivity contribution in [2.45, 2.75) is 13.5 Å². The first-order valence-electron chi connectivity index (χ1n) is 10.1. The minimum Gasteiger partial charge on any atom is -0.491 e. The summed E-state index contributed by atoms with van der Waals surface area (Å²) in [5.74, 6) is -0.279. The third-order valence-corrected chi connectivity index (χ3v) is 5.16. The predicted octanol–water partition coefficient (Wildman–Crippen LogP) is 3.60. The molecule has 1 heterocycles. The van der Waals surface area contributed by atoms with Crippen LogP contribution in [0, 0.1) is 6.92 Å². The third-order valence-electron chi connectivity index (χ3n) is 5.16. The summed E-state index contributed by atoms with van der Waals surface area (Å²) < 4.78 is 5.68. The van der Waals surface area contributed by atoms with E-state index in [1.165, 1.54) is 11.0 Å². The number of fused-ring (bicyclic) bond motifs is 1. The normalized spacial score (nSPS) is 12.6. The second-order valence-corrected chi connectivity index (χ2v) is 7.31. The Hall–Kier alpha value is -3.93. The van der Waals surface area contributed by atoms with Gasteiger partial charge in [0, 0.05) is 5.56 Å². The summed E-state index contributed by atoms with van der Waals surface area (Å²) in [7, 11) is 0. The van der Waals surface area contributed by atoms with Crippen molar-refractivity contribution in [3.05, 3.63) is 101 Å². The number of benzene rings is 3. The summed E-state index contributed by atoms with van der Waals surface area (Å²) >= 11 is 0. The lowest BCUT2D eigenvalue weighted by molar-refractivity contribution is 0.0642. The van der Waals surface area contributed by atoms with Gasteiger partial charge in [-0.25, -0.2) is 0 Å². The molecular weight excluding hydrogens is 392 g/mol. The van der Waals surface area contributed by atoms with Crippen molar-refractivity contribution in [1.29, 1.82) is 0 Å². The number of carbonyl (C=O) groups excluding carboxylic acids is 3. The number of imide groups is 1. The number of hydrogen-bond donors (Lipinski definition) is 1. The average Bonchev–Trinajstić information content (AvgIpc) is 3.02. The lowest BCUT2D eigenvalue weighted by atomic mass is 10.1. The first-order valence-corrected chi connectivity index (χ1v) is 10.1. The molecule has 4 rings (SSSR count). The molecule has 0 radical (unpaired) electrons. The quantitative estimate of drug-likeness (QED) is 0.473. The largest absolute Gasteiger partial charge is 0.491 e. The Labute approximate surface area is 180 Å². The van der Waals surface area contributed by atoms with Crippen LogP contribution in [0.2, 0.25) is 0 Å². The first-order chi connectivity index (χ1) is 15.0. The highest BCUT2D eigenvalue weighted by molar-refractivity contribution is 6.22. The summed E-state index contributed by atoms with van der Waals surface area (Å²) in [4.78, 5) is 39.2. The van der Waals surface area contributed by atoms with E-state index < -0.39 is 0 Å². The van der Waals surface area contributed by atoms with E-state index in [2.05, 4.69) is 5.32 Å². The van der Waals surface area contributed by atoms with Crippen LogP contribution in [-0.4, -0.2) is 35.8 Å². The van der Waals surface area contributed by atoms with Gasteiger partial charge in [-0.15, -0.1) is 0 Å². The number of hydrogen-bond acceptors (Lipinski definition) is 4. The van der Waals surface area contributed by atoms with Gasteiger partial charge in [0.15, 0.2) is 0 Å². The maximum atomic E-state index is 12.8. The van der Waals surface area contributed by atoms with E-state index in [1.807, 2.05) is 61.5 Å². The van der Waals surface area contributed by atoms with E-state index in [1.54, 1.807) is 12.1 Å². The topological polar surface area (TPSA) is 75.7 Å². The minimum absolute atomic E-state index is 0.199. The van der Waals surface area contributed by atoms with Crippen LogP contribution in [0.4, 0.5) is 0 Å². The molecule has 1 aliphatic heterocycles. The Bertz CT molecular complexity index is 1140. The molecule has 0 bridgehead atoms. The number of carbonyl (C=O) groups is 3. The van der Waals surface area contributed by atoms with E-state index in [4.69, 9.17) is 4.74 Å². The lowest BCUT2D eigenvalue weighted by Gasteiger charge is -2.13. The molecule has 0 saturated carbocycles. The Kier molecular flexibility index (Phi) is 5.80. The number of rotatable bonds is 7. The number of nitrogens with one attached hydrogen (secondary N) is 1. The van der Waals surface area contributed by atoms with E-state index in [0.29, 0.717) is 24.3 Å². The van der Waals surface area contributed by atoms with Crippen molar-refractivity contribution in [1.82, 2.24) is 10.2 Å². The molecule has 1 N–H and O–H groups in total. The van der Waals surface area contributed by atoms with E-state index >= 15 is 0 Å². The Morgan fingerprint density at radius 3 is 2.39 bits per heavy atom. The van der Waals surface area contributed by atoms with Crippen LogP contribution < -0.4 is 10.1 Å². The van der Waals surface area contributed by atoms with Crippen molar-refractivity contribution in [3.63, 3.8) is 0 Å². The second-order valence-electron chi connectivity index (χ2n) is 7.31. The van der Waals surface area contributed by atoms with E-state index in [0.717, 1.165) is 16.9 Å². The van der Waals surface area contributed by atoms with Crippen LogP contribution >= 0.6 is 0 Å². The standard InChI is InChI=1S/C25H22N2O4/c1-17-7-5-6-10-22(17)31-14-13-26-23(28)19-11-12-20-21(15-19)25(30)27(24(20)29)16-18-8-3-2-4-9-18/h2-12,15H,13-14,16H2,1H3,(H,26,28). The van der Waals surface area contributed by atoms with Crippen LogP contribution in [0.1, 0.15) is 42.2 Å². The Balaban J connectivity index is 1.38. The fraction of sp³-hybridized carbons (Fsp3) is 0.160. The molecule has 6 nitrogen and oxygen atoms in total. The minimum atomic E-state index is -0.388. The number of nitrogens with zero attached hydrogens (tertiary/aromatic N) is 1. The molecular formula is C25H22N2O4. The van der Waals surface area contributed by atoms with Crippen LogP contribution in [-0.2, 0) is 6.54 Å². The predicted molar refractivity (Wildman–Crippen MR) is 116 cm³/mol. The maximum absolute atomic E-state index is 12.8. The smallest absolute Gasteiger partial charge is 0.261 e. The number of ether oxygens (including phenoxy) is 1. The zero-order valence-corrected chi connectivity index (χ0v) is 17.1. The molecule has 0 spiro atoms. The maximum Gasteiger partial charge on any atom is 0.261 e. The molecule has 156 valence electrons. The molecule has 0 aromatic heterocycles. The first kappa shape index (κ1) is 20.3. The van der Waals surface area contributed by atoms with Crippen LogP contribution in [0.25, 0.3) is 0 Å². The molecule has 3 aromatic carbocycles. The number of aryl methyl sites for hydroxylation is 1. The molecule has 0 fully saturated rings. The highest BCUT2D eigenvalue weighted by Gasteiger charge is 2.35. The fourth-order valence-electron chi connectivity index (χ4n) is 3.49. The molecule has 0 atom stereocenters. The van der Waals surface area contributed by atoms with Gasteiger partial charge < -0.3 is 10.1 Å². The Morgan fingerprint density at radius 1 is 0.903 bits per heavy atom. The van der Waals surface area contributed by atoms with Crippen molar-refractivity contribution in [3.8, 4) is 5.75 Å². The van der Waals surface area contributed by atoms with E-state index in [9.17, 15) is 14.4 Å². The summed E-state index contributed by atoms with van der Waals surface area (Å²) in [6, 6.07) is 21.6. The van der Waals surface area contributed by atoms with Gasteiger partial charge in [-0.2, -0.15) is 0 Å². The molecule has 3 aromatic rings. The molecule has 0 unspecified atom stereocenters. The molecule has 31 heavy (non-hydrogen) atoms. The van der Waals surface area contributed by atoms with Gasteiger partial charge in [0.25, 0.3) is 17.7 Å². The fourth-order valence-corrected chi connectivity index (χ4v) is 3.49. The van der Waals surface area contributed by atoms with Crippen LogP contribution in [0.5, 0.6) is 5.75 Å². The molecule has 6 heteroatoms. The van der Waals surface area contributed by atoms with Crippen LogP contribution in [0.15, 0.2) is 72.8 Å².